The molecule has 0 bridgehead atoms. The molecule has 2 aromatic rings. The van der Waals surface area contributed by atoms with E-state index in [4.69, 9.17) is 9.15 Å². The fourth-order valence-corrected chi connectivity index (χ4v) is 1.82. The van der Waals surface area contributed by atoms with Crippen molar-refractivity contribution in [2.45, 2.75) is 6.42 Å². The van der Waals surface area contributed by atoms with Crippen molar-refractivity contribution in [3.05, 3.63) is 42.2 Å². The summed E-state index contributed by atoms with van der Waals surface area (Å²) in [5.74, 6) is 1.05. The van der Waals surface area contributed by atoms with Crippen LogP contribution in [-0.2, 0) is 16.0 Å². The maximum atomic E-state index is 11.4. The van der Waals surface area contributed by atoms with E-state index in [0.29, 0.717) is 11.5 Å². The van der Waals surface area contributed by atoms with Gasteiger partial charge in [-0.15, -0.1) is 0 Å². The monoisotopic (exact) mass is 246 g/mol. The van der Waals surface area contributed by atoms with Gasteiger partial charge in [-0.25, -0.2) is 0 Å². The molecule has 0 aliphatic heterocycles. The number of carbonyl (C=O) groups is 1. The number of hydrogen-bond donors (Lipinski definition) is 0. The summed E-state index contributed by atoms with van der Waals surface area (Å²) >= 11 is 0. The molecule has 0 saturated carbocycles. The van der Waals surface area contributed by atoms with Crippen molar-refractivity contribution in [1.82, 2.24) is 0 Å². The zero-order valence-electron chi connectivity index (χ0n) is 10.3. The average Bonchev–Trinajstić information content (AvgIpc) is 2.91. The van der Waals surface area contributed by atoms with Crippen LogP contribution < -0.4 is 4.74 Å². The average molecular weight is 246 g/mol. The molecular weight excluding hydrogens is 232 g/mol. The Balaban J connectivity index is 2.49. The van der Waals surface area contributed by atoms with Gasteiger partial charge in [-0.05, 0) is 23.8 Å². The SMILES string of the molecule is COC(=O)Cc1cccc(OC)c1-c1ccco1. The molecule has 0 unspecified atom stereocenters. The van der Waals surface area contributed by atoms with Crippen LogP contribution in [0.4, 0.5) is 0 Å². The Morgan fingerprint density at radius 3 is 2.67 bits per heavy atom. The van der Waals surface area contributed by atoms with Crippen LogP contribution >= 0.6 is 0 Å². The van der Waals surface area contributed by atoms with Crippen LogP contribution in [0, 0.1) is 0 Å². The molecule has 94 valence electrons. The van der Waals surface area contributed by atoms with Crippen LogP contribution in [0.3, 0.4) is 0 Å². The minimum Gasteiger partial charge on any atom is -0.496 e. The van der Waals surface area contributed by atoms with Gasteiger partial charge in [0.2, 0.25) is 0 Å². The van der Waals surface area contributed by atoms with E-state index < -0.39 is 0 Å². The lowest BCUT2D eigenvalue weighted by Crippen LogP contribution is -2.06. The van der Waals surface area contributed by atoms with Crippen molar-refractivity contribution in [1.29, 1.82) is 0 Å². The fraction of sp³-hybridized carbons (Fsp3) is 0.214. The van der Waals surface area contributed by atoms with E-state index in [1.807, 2.05) is 24.3 Å². The maximum absolute atomic E-state index is 11.4. The predicted molar refractivity (Wildman–Crippen MR) is 66.4 cm³/mol. The second-order valence-corrected chi connectivity index (χ2v) is 3.72. The third kappa shape index (κ3) is 2.37. The van der Waals surface area contributed by atoms with Crippen LogP contribution in [0.5, 0.6) is 5.75 Å². The van der Waals surface area contributed by atoms with Gasteiger partial charge >= 0.3 is 5.97 Å². The molecule has 4 nitrogen and oxygen atoms in total. The molecule has 0 saturated heterocycles. The molecule has 0 aliphatic rings. The van der Waals surface area contributed by atoms with Crippen molar-refractivity contribution < 1.29 is 18.7 Å². The number of hydrogen-bond acceptors (Lipinski definition) is 4. The van der Waals surface area contributed by atoms with Gasteiger partial charge in [0.05, 0.1) is 32.5 Å². The summed E-state index contributed by atoms with van der Waals surface area (Å²) in [6.45, 7) is 0. The Morgan fingerprint density at radius 2 is 2.06 bits per heavy atom. The predicted octanol–water partition coefficient (Wildman–Crippen LogP) is 2.67. The first-order chi connectivity index (χ1) is 8.76. The van der Waals surface area contributed by atoms with E-state index in [-0.39, 0.29) is 12.4 Å². The van der Waals surface area contributed by atoms with Gasteiger partial charge in [-0.2, -0.15) is 0 Å². The Kier molecular flexibility index (Phi) is 3.67. The Labute approximate surface area is 105 Å². The van der Waals surface area contributed by atoms with E-state index >= 15 is 0 Å². The van der Waals surface area contributed by atoms with Crippen LogP contribution in [0.15, 0.2) is 41.0 Å². The highest BCUT2D eigenvalue weighted by Gasteiger charge is 2.16. The third-order valence-electron chi connectivity index (χ3n) is 2.66. The molecule has 0 fully saturated rings. The summed E-state index contributed by atoms with van der Waals surface area (Å²) < 4.78 is 15.4. The molecule has 0 amide bonds. The molecule has 0 N–H and O–H groups in total. The van der Waals surface area contributed by atoms with Gasteiger partial charge in [-0.3, -0.25) is 4.79 Å². The molecule has 1 aromatic carbocycles. The molecule has 0 spiro atoms. The normalized spacial score (nSPS) is 10.1. The number of ether oxygens (including phenoxy) is 2. The second-order valence-electron chi connectivity index (χ2n) is 3.72. The zero-order chi connectivity index (χ0) is 13.0. The summed E-state index contributed by atoms with van der Waals surface area (Å²) in [4.78, 5) is 11.4. The summed E-state index contributed by atoms with van der Waals surface area (Å²) in [5.41, 5.74) is 1.60. The van der Waals surface area contributed by atoms with Gasteiger partial charge in [0.15, 0.2) is 0 Å². The molecular formula is C14H14O4. The van der Waals surface area contributed by atoms with Gasteiger partial charge in [0, 0.05) is 0 Å². The smallest absolute Gasteiger partial charge is 0.310 e. The lowest BCUT2D eigenvalue weighted by molar-refractivity contribution is -0.139. The number of rotatable bonds is 4. The molecule has 1 aromatic heterocycles. The molecule has 1 heterocycles. The number of benzene rings is 1. The number of methoxy groups -OCH3 is 2. The lowest BCUT2D eigenvalue weighted by atomic mass is 10.0. The third-order valence-corrected chi connectivity index (χ3v) is 2.66. The van der Waals surface area contributed by atoms with Crippen molar-refractivity contribution in [2.24, 2.45) is 0 Å². The number of furan rings is 1. The van der Waals surface area contributed by atoms with Gasteiger partial charge in [0.25, 0.3) is 0 Å². The van der Waals surface area contributed by atoms with E-state index in [0.717, 1.165) is 11.1 Å². The number of carbonyl (C=O) groups excluding carboxylic acids is 1. The highest BCUT2D eigenvalue weighted by atomic mass is 16.5. The Bertz CT molecular complexity index is 529. The van der Waals surface area contributed by atoms with Crippen molar-refractivity contribution in [2.75, 3.05) is 14.2 Å². The zero-order valence-corrected chi connectivity index (χ0v) is 10.3. The first-order valence-electron chi connectivity index (χ1n) is 5.53. The lowest BCUT2D eigenvalue weighted by Gasteiger charge is -2.11. The quantitative estimate of drug-likeness (QED) is 0.778. The van der Waals surface area contributed by atoms with Crippen LogP contribution in [-0.4, -0.2) is 20.2 Å². The van der Waals surface area contributed by atoms with Crippen molar-refractivity contribution in [3.8, 4) is 17.1 Å². The standard InChI is InChI=1S/C14H14O4/c1-16-11-6-3-5-10(9-13(15)17-2)14(11)12-7-4-8-18-12/h3-8H,9H2,1-2H3. The highest BCUT2D eigenvalue weighted by molar-refractivity contribution is 5.79. The molecule has 4 heteroatoms. The molecule has 0 atom stereocenters. The Hall–Kier alpha value is -2.23. The van der Waals surface area contributed by atoms with Gasteiger partial charge in [-0.1, -0.05) is 12.1 Å². The minimum atomic E-state index is -0.295. The number of esters is 1. The van der Waals surface area contributed by atoms with Crippen LogP contribution in [0.25, 0.3) is 11.3 Å². The van der Waals surface area contributed by atoms with Gasteiger partial charge in [0.1, 0.15) is 11.5 Å². The molecule has 0 aliphatic carbocycles. The Morgan fingerprint density at radius 1 is 1.22 bits per heavy atom. The topological polar surface area (TPSA) is 48.7 Å². The fourth-order valence-electron chi connectivity index (χ4n) is 1.82. The molecule has 18 heavy (non-hydrogen) atoms. The van der Waals surface area contributed by atoms with Crippen LogP contribution in [0.1, 0.15) is 5.56 Å². The summed E-state index contributed by atoms with van der Waals surface area (Å²) in [6, 6.07) is 9.15. The first-order valence-corrected chi connectivity index (χ1v) is 5.53. The van der Waals surface area contributed by atoms with E-state index in [2.05, 4.69) is 4.74 Å². The largest absolute Gasteiger partial charge is 0.496 e. The second kappa shape index (κ2) is 5.40. The first kappa shape index (κ1) is 12.2. The summed E-state index contributed by atoms with van der Waals surface area (Å²) in [5, 5.41) is 0. The van der Waals surface area contributed by atoms with Crippen molar-refractivity contribution >= 4 is 5.97 Å². The maximum Gasteiger partial charge on any atom is 0.310 e. The molecule has 2 rings (SSSR count). The minimum absolute atomic E-state index is 0.184. The summed E-state index contributed by atoms with van der Waals surface area (Å²) in [6.07, 6.45) is 1.77. The van der Waals surface area contributed by atoms with Crippen LogP contribution in [0.2, 0.25) is 0 Å². The van der Waals surface area contributed by atoms with E-state index in [9.17, 15) is 4.79 Å². The van der Waals surface area contributed by atoms with Gasteiger partial charge < -0.3 is 13.9 Å². The van der Waals surface area contributed by atoms with Crippen molar-refractivity contribution in [3.63, 3.8) is 0 Å². The summed E-state index contributed by atoms with van der Waals surface area (Å²) in [7, 11) is 2.96. The molecule has 0 radical (unpaired) electrons. The van der Waals surface area contributed by atoms with E-state index in [1.165, 1.54) is 7.11 Å². The highest BCUT2D eigenvalue weighted by Crippen LogP contribution is 2.34. The van der Waals surface area contributed by atoms with E-state index in [1.54, 1.807) is 19.4 Å².